The number of hydrogen-bond donors (Lipinski definition) is 1. The van der Waals surface area contributed by atoms with E-state index in [1.165, 1.54) is 31.1 Å². The number of hydrogen-bond acceptors (Lipinski definition) is 4. The van der Waals surface area contributed by atoms with Crippen LogP contribution in [0.4, 0.5) is 0 Å². The van der Waals surface area contributed by atoms with E-state index in [2.05, 4.69) is 39.7 Å². The number of piperazine rings is 1. The van der Waals surface area contributed by atoms with E-state index in [0.29, 0.717) is 6.04 Å². The van der Waals surface area contributed by atoms with E-state index in [1.807, 2.05) is 18.4 Å². The third-order valence-corrected chi connectivity index (χ3v) is 4.22. The molecule has 4 heteroatoms. The maximum Gasteiger partial charge on any atom is 0.0567 e. The van der Waals surface area contributed by atoms with Gasteiger partial charge in [0.25, 0.3) is 0 Å². The summed E-state index contributed by atoms with van der Waals surface area (Å²) in [6.45, 7) is 5.78. The van der Waals surface area contributed by atoms with Gasteiger partial charge >= 0.3 is 0 Å². The molecule has 1 aliphatic heterocycles. The Morgan fingerprint density at radius 3 is 2.69 bits per heavy atom. The summed E-state index contributed by atoms with van der Waals surface area (Å²) >= 11 is 1.87. The highest BCUT2D eigenvalue weighted by Crippen LogP contribution is 2.25. The average molecular weight is 239 g/mol. The number of nitrogens with zero attached hydrogens (tertiary/aromatic N) is 2. The molecule has 1 aromatic rings. The largest absolute Gasteiger partial charge is 0.318 e. The first kappa shape index (κ1) is 12.0. The Labute approximate surface area is 102 Å². The van der Waals surface area contributed by atoms with Crippen LogP contribution in [-0.4, -0.2) is 56.6 Å². The molecule has 3 nitrogen and oxygen atoms in total. The first-order valence-electron chi connectivity index (χ1n) is 5.92. The van der Waals surface area contributed by atoms with Crippen LogP contribution in [0.15, 0.2) is 17.5 Å². The lowest BCUT2D eigenvalue weighted by Gasteiger charge is -2.37. The van der Waals surface area contributed by atoms with Gasteiger partial charge in [0.05, 0.1) is 6.04 Å². The van der Waals surface area contributed by atoms with Gasteiger partial charge in [-0.2, -0.15) is 0 Å². The summed E-state index contributed by atoms with van der Waals surface area (Å²) in [4.78, 5) is 6.49. The summed E-state index contributed by atoms with van der Waals surface area (Å²) in [5, 5.41) is 5.49. The zero-order valence-corrected chi connectivity index (χ0v) is 11.0. The second kappa shape index (κ2) is 5.77. The molecule has 90 valence electrons. The fourth-order valence-electron chi connectivity index (χ4n) is 2.22. The van der Waals surface area contributed by atoms with E-state index in [-0.39, 0.29) is 0 Å². The second-order valence-electron chi connectivity index (χ2n) is 4.43. The Hall–Kier alpha value is -0.420. The second-order valence-corrected chi connectivity index (χ2v) is 5.41. The van der Waals surface area contributed by atoms with Gasteiger partial charge in [0.2, 0.25) is 0 Å². The molecule has 0 radical (unpaired) electrons. The van der Waals surface area contributed by atoms with Crippen molar-refractivity contribution in [3.63, 3.8) is 0 Å². The van der Waals surface area contributed by atoms with Crippen LogP contribution in [0.25, 0.3) is 0 Å². The summed E-state index contributed by atoms with van der Waals surface area (Å²) in [6.07, 6.45) is 0. The molecular weight excluding hydrogens is 218 g/mol. The predicted octanol–water partition coefficient (Wildman–Crippen LogP) is 1.26. The van der Waals surface area contributed by atoms with Crippen LogP contribution in [0.2, 0.25) is 0 Å². The molecule has 0 amide bonds. The normalized spacial score (nSPS) is 21.1. The summed E-state index contributed by atoms with van der Waals surface area (Å²) in [5.41, 5.74) is 0. The Morgan fingerprint density at radius 2 is 2.12 bits per heavy atom. The maximum atomic E-state index is 3.32. The Morgan fingerprint density at radius 1 is 1.38 bits per heavy atom. The highest BCUT2D eigenvalue weighted by molar-refractivity contribution is 7.10. The number of nitrogens with one attached hydrogen (secondary N) is 1. The Bertz CT molecular complexity index is 291. The minimum absolute atomic E-state index is 0.554. The summed E-state index contributed by atoms with van der Waals surface area (Å²) in [5.74, 6) is 0. The van der Waals surface area contributed by atoms with Gasteiger partial charge in [-0.15, -0.1) is 11.3 Å². The molecule has 0 saturated carbocycles. The smallest absolute Gasteiger partial charge is 0.0567 e. The fourth-order valence-corrected chi connectivity index (χ4v) is 3.08. The van der Waals surface area contributed by atoms with E-state index in [1.54, 1.807) is 0 Å². The maximum absolute atomic E-state index is 3.32. The van der Waals surface area contributed by atoms with Gasteiger partial charge in [-0.1, -0.05) is 6.07 Å². The molecule has 1 atom stereocenters. The lowest BCUT2D eigenvalue weighted by molar-refractivity contribution is 0.113. The molecule has 0 spiro atoms. The molecular formula is C12H21N3S. The molecule has 2 rings (SSSR count). The molecule has 0 aromatic carbocycles. The van der Waals surface area contributed by atoms with Crippen molar-refractivity contribution in [1.82, 2.24) is 15.1 Å². The molecule has 1 N–H and O–H groups in total. The van der Waals surface area contributed by atoms with Crippen LogP contribution in [0.5, 0.6) is 0 Å². The molecule has 16 heavy (non-hydrogen) atoms. The molecule has 1 aromatic heterocycles. The zero-order chi connectivity index (χ0) is 11.4. The van der Waals surface area contributed by atoms with Crippen molar-refractivity contribution >= 4 is 11.3 Å². The highest BCUT2D eigenvalue weighted by Gasteiger charge is 2.23. The first-order chi connectivity index (χ1) is 7.81. The van der Waals surface area contributed by atoms with Crippen molar-refractivity contribution in [2.75, 3.05) is 46.8 Å². The molecule has 2 heterocycles. The van der Waals surface area contributed by atoms with E-state index >= 15 is 0 Å². The quantitative estimate of drug-likeness (QED) is 0.853. The highest BCUT2D eigenvalue weighted by atomic mass is 32.1. The minimum atomic E-state index is 0.554. The van der Waals surface area contributed by atoms with Crippen molar-refractivity contribution in [3.8, 4) is 0 Å². The van der Waals surface area contributed by atoms with E-state index in [0.717, 1.165) is 6.54 Å². The third-order valence-electron chi connectivity index (χ3n) is 3.25. The average Bonchev–Trinajstić information content (AvgIpc) is 2.81. The van der Waals surface area contributed by atoms with Gasteiger partial charge < -0.3 is 10.2 Å². The summed E-state index contributed by atoms with van der Waals surface area (Å²) < 4.78 is 0. The zero-order valence-electron chi connectivity index (χ0n) is 10.1. The lowest BCUT2D eigenvalue weighted by Crippen LogP contribution is -2.47. The predicted molar refractivity (Wildman–Crippen MR) is 70.1 cm³/mol. The Balaban J connectivity index is 2.02. The lowest BCUT2D eigenvalue weighted by atomic mass is 10.1. The van der Waals surface area contributed by atoms with Crippen molar-refractivity contribution < 1.29 is 0 Å². The monoisotopic (exact) mass is 239 g/mol. The van der Waals surface area contributed by atoms with Crippen LogP contribution >= 0.6 is 11.3 Å². The van der Waals surface area contributed by atoms with Crippen molar-refractivity contribution in [2.24, 2.45) is 0 Å². The van der Waals surface area contributed by atoms with Crippen molar-refractivity contribution in [3.05, 3.63) is 22.4 Å². The van der Waals surface area contributed by atoms with Crippen LogP contribution in [0.1, 0.15) is 10.9 Å². The van der Waals surface area contributed by atoms with Gasteiger partial charge in [0, 0.05) is 37.6 Å². The van der Waals surface area contributed by atoms with Gasteiger partial charge in [0.15, 0.2) is 0 Å². The number of thiophene rings is 1. The Kier molecular flexibility index (Phi) is 4.35. The molecule has 1 aliphatic rings. The first-order valence-corrected chi connectivity index (χ1v) is 6.80. The van der Waals surface area contributed by atoms with Crippen LogP contribution in [0, 0.1) is 0 Å². The molecule has 1 unspecified atom stereocenters. The number of rotatable bonds is 4. The van der Waals surface area contributed by atoms with Crippen LogP contribution < -0.4 is 5.32 Å². The van der Waals surface area contributed by atoms with E-state index in [4.69, 9.17) is 0 Å². The van der Waals surface area contributed by atoms with Crippen molar-refractivity contribution in [1.29, 1.82) is 0 Å². The fraction of sp³-hybridized carbons (Fsp3) is 0.667. The van der Waals surface area contributed by atoms with Gasteiger partial charge in [-0.3, -0.25) is 4.90 Å². The van der Waals surface area contributed by atoms with Crippen molar-refractivity contribution in [2.45, 2.75) is 6.04 Å². The molecule has 1 fully saturated rings. The van der Waals surface area contributed by atoms with E-state index < -0.39 is 0 Å². The minimum Gasteiger partial charge on any atom is -0.318 e. The van der Waals surface area contributed by atoms with E-state index in [9.17, 15) is 0 Å². The van der Waals surface area contributed by atoms with Crippen LogP contribution in [0.3, 0.4) is 0 Å². The van der Waals surface area contributed by atoms with Crippen LogP contribution in [-0.2, 0) is 0 Å². The van der Waals surface area contributed by atoms with Gasteiger partial charge in [-0.05, 0) is 25.5 Å². The van der Waals surface area contributed by atoms with Gasteiger partial charge in [-0.25, -0.2) is 0 Å². The van der Waals surface area contributed by atoms with Gasteiger partial charge in [0.1, 0.15) is 0 Å². The SMILES string of the molecule is CNCC(c1cccs1)N1CCN(C)CC1. The standard InChI is InChI=1S/C12H21N3S/c1-13-10-11(12-4-3-9-16-12)15-7-5-14(2)6-8-15/h3-4,9,11,13H,5-8,10H2,1-2H3. The third kappa shape index (κ3) is 2.83. The molecule has 1 saturated heterocycles. The molecule has 0 aliphatic carbocycles. The summed E-state index contributed by atoms with van der Waals surface area (Å²) in [6, 6.07) is 4.96. The topological polar surface area (TPSA) is 18.5 Å². The summed E-state index contributed by atoms with van der Waals surface area (Å²) in [7, 11) is 4.24. The number of likely N-dealkylation sites (N-methyl/N-ethyl adjacent to an activating group) is 2. The molecule has 0 bridgehead atoms.